The molecule has 0 aliphatic carbocycles. The van der Waals surface area contributed by atoms with Gasteiger partial charge in [-0.25, -0.2) is 0 Å². The highest BCUT2D eigenvalue weighted by molar-refractivity contribution is 5.76. The molecule has 0 bridgehead atoms. The lowest BCUT2D eigenvalue weighted by Gasteiger charge is -2.24. The molecule has 0 fully saturated rings. The number of nitrogens with zero attached hydrogens (tertiary/aromatic N) is 3. The zero-order valence-electron chi connectivity index (χ0n) is 22.4. The Labute approximate surface area is 228 Å². The predicted molar refractivity (Wildman–Crippen MR) is 129 cm³/mol. The maximum absolute atomic E-state index is 12.2. The molecular weight excluding hydrogens is 518 g/mol. The number of carboxylic acid groups (broad SMARTS) is 4. The Morgan fingerprint density at radius 2 is 0.744 bits per heavy atom. The van der Waals surface area contributed by atoms with Crippen molar-refractivity contribution in [2.45, 2.75) is 45.4 Å². The lowest BCUT2D eigenvalue weighted by atomic mass is 10.3. The van der Waals surface area contributed by atoms with Gasteiger partial charge in [-0.05, 0) is 32.2 Å². The Morgan fingerprint density at radius 1 is 0.462 bits per heavy atom. The highest BCUT2D eigenvalue weighted by Crippen LogP contribution is 1.97. The first-order valence-electron chi connectivity index (χ1n) is 12.9. The Bertz CT molecular complexity index is 697. The van der Waals surface area contributed by atoms with Gasteiger partial charge in [-0.2, -0.15) is 0 Å². The Balaban J connectivity index is 4.31. The SMILES string of the molecule is CCN(CCC(=O)NCCN(CCC(=O)[O-])CCC(=O)[O-])CCC(=O)NCCN(CCC(=O)[O-])CCC(=O)[O-]. The van der Waals surface area contributed by atoms with Crippen molar-refractivity contribution in [3.05, 3.63) is 0 Å². The average Bonchev–Trinajstić information content (AvgIpc) is 2.86. The first-order valence-corrected chi connectivity index (χ1v) is 12.9. The summed E-state index contributed by atoms with van der Waals surface area (Å²) in [7, 11) is 0. The summed E-state index contributed by atoms with van der Waals surface area (Å²) >= 11 is 0. The van der Waals surface area contributed by atoms with Crippen LogP contribution in [0, 0.1) is 0 Å². The van der Waals surface area contributed by atoms with Gasteiger partial charge in [-0.15, -0.1) is 0 Å². The van der Waals surface area contributed by atoms with Crippen molar-refractivity contribution in [1.29, 1.82) is 0 Å². The summed E-state index contributed by atoms with van der Waals surface area (Å²) in [5, 5.41) is 48.0. The molecule has 0 aromatic heterocycles. The summed E-state index contributed by atoms with van der Waals surface area (Å²) in [6.45, 7) is 4.59. The molecule has 0 unspecified atom stereocenters. The van der Waals surface area contributed by atoms with E-state index < -0.39 is 23.9 Å². The maximum Gasteiger partial charge on any atom is 0.221 e. The largest absolute Gasteiger partial charge is 0.550 e. The molecule has 224 valence electrons. The highest BCUT2D eigenvalue weighted by atomic mass is 16.4. The van der Waals surface area contributed by atoms with Crippen LogP contribution in [-0.4, -0.2) is 122 Å². The fraction of sp³-hybridized carbons (Fsp3) is 0.750. The second-order valence-corrected chi connectivity index (χ2v) is 8.81. The molecule has 0 rings (SSSR count). The number of rotatable bonds is 25. The highest BCUT2D eigenvalue weighted by Gasteiger charge is 2.11. The van der Waals surface area contributed by atoms with Gasteiger partial charge in [0.05, 0.1) is 0 Å². The van der Waals surface area contributed by atoms with Crippen molar-refractivity contribution >= 4 is 35.7 Å². The predicted octanol–water partition coefficient (Wildman–Crippen LogP) is -6.52. The van der Waals surface area contributed by atoms with Gasteiger partial charge in [0.1, 0.15) is 0 Å². The summed E-state index contributed by atoms with van der Waals surface area (Å²) in [5.74, 6) is -5.51. The van der Waals surface area contributed by atoms with Crippen molar-refractivity contribution in [3.8, 4) is 0 Å². The molecule has 2 amide bonds. The molecule has 0 aromatic carbocycles. The van der Waals surface area contributed by atoms with Gasteiger partial charge in [0.25, 0.3) is 0 Å². The number of nitrogens with one attached hydrogen (secondary N) is 2. The first-order chi connectivity index (χ1) is 18.4. The quantitative estimate of drug-likeness (QED) is 0.106. The number of carboxylic acids is 4. The minimum atomic E-state index is -1.25. The number of hydrogen-bond donors (Lipinski definition) is 2. The maximum atomic E-state index is 12.2. The van der Waals surface area contributed by atoms with Gasteiger partial charge >= 0.3 is 0 Å². The molecule has 0 aromatic rings. The number of carbonyl (C=O) groups excluding carboxylic acids is 6. The van der Waals surface area contributed by atoms with E-state index in [0.717, 1.165) is 0 Å². The van der Waals surface area contributed by atoms with Gasteiger partial charge in [0, 0.05) is 102 Å². The van der Waals surface area contributed by atoms with Crippen LogP contribution in [0.15, 0.2) is 0 Å². The fourth-order valence-electron chi connectivity index (χ4n) is 3.50. The molecule has 0 aliphatic heterocycles. The van der Waals surface area contributed by atoms with E-state index >= 15 is 0 Å². The third-order valence-corrected chi connectivity index (χ3v) is 5.79. The second kappa shape index (κ2) is 21.6. The number of hydrogen-bond acceptors (Lipinski definition) is 13. The topological polar surface area (TPSA) is 228 Å². The van der Waals surface area contributed by atoms with Crippen LogP contribution >= 0.6 is 0 Å². The van der Waals surface area contributed by atoms with E-state index in [4.69, 9.17) is 0 Å². The van der Waals surface area contributed by atoms with Crippen molar-refractivity contribution in [1.82, 2.24) is 25.3 Å². The molecule has 0 spiro atoms. The van der Waals surface area contributed by atoms with Gasteiger partial charge < -0.3 is 64.9 Å². The van der Waals surface area contributed by atoms with Crippen molar-refractivity contribution in [3.63, 3.8) is 0 Å². The molecular formula is C24H39N5O10-4. The normalized spacial score (nSPS) is 11.1. The minimum absolute atomic E-state index is 0.0921. The van der Waals surface area contributed by atoms with E-state index in [1.54, 1.807) is 9.80 Å². The van der Waals surface area contributed by atoms with Crippen LogP contribution < -0.4 is 31.1 Å². The summed E-state index contributed by atoms with van der Waals surface area (Å²) in [5.41, 5.74) is 0. The summed E-state index contributed by atoms with van der Waals surface area (Å²) in [4.78, 5) is 72.1. The minimum Gasteiger partial charge on any atom is -0.550 e. The van der Waals surface area contributed by atoms with E-state index in [-0.39, 0.29) is 103 Å². The zero-order valence-corrected chi connectivity index (χ0v) is 22.4. The lowest BCUT2D eigenvalue weighted by molar-refractivity contribution is -0.308. The van der Waals surface area contributed by atoms with Crippen LogP contribution in [0.25, 0.3) is 0 Å². The van der Waals surface area contributed by atoms with E-state index in [9.17, 15) is 49.2 Å². The number of carbonyl (C=O) groups is 6. The van der Waals surface area contributed by atoms with Gasteiger partial charge in [0.2, 0.25) is 11.8 Å². The smallest absolute Gasteiger partial charge is 0.221 e. The van der Waals surface area contributed by atoms with E-state index in [0.29, 0.717) is 19.6 Å². The third-order valence-electron chi connectivity index (χ3n) is 5.79. The Kier molecular flexibility index (Phi) is 19.8. The first kappa shape index (κ1) is 35.7. The lowest BCUT2D eigenvalue weighted by Crippen LogP contribution is -2.41. The van der Waals surface area contributed by atoms with E-state index in [1.807, 2.05) is 11.8 Å². The van der Waals surface area contributed by atoms with Gasteiger partial charge in [-0.3, -0.25) is 9.59 Å². The van der Waals surface area contributed by atoms with Crippen LogP contribution in [0.1, 0.15) is 45.4 Å². The molecule has 0 atom stereocenters. The Morgan fingerprint density at radius 3 is 1.00 bits per heavy atom. The number of amides is 2. The van der Waals surface area contributed by atoms with Crippen molar-refractivity contribution < 1.29 is 49.2 Å². The van der Waals surface area contributed by atoms with Gasteiger partial charge in [0.15, 0.2) is 0 Å². The average molecular weight is 558 g/mol. The molecule has 0 saturated carbocycles. The van der Waals surface area contributed by atoms with E-state index in [2.05, 4.69) is 10.6 Å². The van der Waals surface area contributed by atoms with Crippen LogP contribution in [0.5, 0.6) is 0 Å². The summed E-state index contributed by atoms with van der Waals surface area (Å²) < 4.78 is 0. The monoisotopic (exact) mass is 557 g/mol. The van der Waals surface area contributed by atoms with Crippen molar-refractivity contribution in [2.75, 3.05) is 72.0 Å². The second-order valence-electron chi connectivity index (χ2n) is 8.81. The number of aliphatic carboxylic acids is 4. The fourth-order valence-corrected chi connectivity index (χ4v) is 3.50. The molecule has 15 heteroatoms. The van der Waals surface area contributed by atoms with Crippen LogP contribution in [0.3, 0.4) is 0 Å². The van der Waals surface area contributed by atoms with Crippen LogP contribution in [0.4, 0.5) is 0 Å². The molecule has 0 aliphatic rings. The molecule has 0 heterocycles. The Hall–Kier alpha value is -3.30. The molecule has 39 heavy (non-hydrogen) atoms. The van der Waals surface area contributed by atoms with Crippen molar-refractivity contribution in [2.24, 2.45) is 0 Å². The molecule has 0 radical (unpaired) electrons. The zero-order chi connectivity index (χ0) is 29.6. The van der Waals surface area contributed by atoms with E-state index in [1.165, 1.54) is 0 Å². The summed E-state index contributed by atoms with van der Waals surface area (Å²) in [6, 6.07) is 0. The van der Waals surface area contributed by atoms with Gasteiger partial charge in [-0.1, -0.05) is 6.92 Å². The third kappa shape index (κ3) is 22.4. The molecule has 2 N–H and O–H groups in total. The molecule has 15 nitrogen and oxygen atoms in total. The van der Waals surface area contributed by atoms with Crippen LogP contribution in [0.2, 0.25) is 0 Å². The van der Waals surface area contributed by atoms with Crippen LogP contribution in [-0.2, 0) is 28.8 Å². The molecule has 0 saturated heterocycles. The summed E-state index contributed by atoms with van der Waals surface area (Å²) in [6.07, 6.45) is -0.711. The standard InChI is InChI=1S/C24H43N5O10/c1-2-27(11-3-19(30)25-9-17-28(13-5-21(32)33)14-6-22(34)35)12-4-20(31)26-10-18-29(15-7-23(36)37)16-8-24(38)39/h2-18H2,1H3,(H,25,30)(H,26,31)(H,32,33)(H,34,35)(H,36,37)(H,38,39)/p-4.